The Kier molecular flexibility index (Phi) is 6.07. The van der Waals surface area contributed by atoms with E-state index < -0.39 is 5.97 Å². The second-order valence-corrected chi connectivity index (χ2v) is 7.40. The Morgan fingerprint density at radius 2 is 2.12 bits per heavy atom. The zero-order chi connectivity index (χ0) is 16.8. The molecule has 0 aromatic carbocycles. The predicted molar refractivity (Wildman–Crippen MR) is 92.0 cm³/mol. The molecule has 0 saturated heterocycles. The second kappa shape index (κ2) is 8.46. The van der Waals surface area contributed by atoms with Crippen molar-refractivity contribution in [1.82, 2.24) is 14.9 Å². The molecule has 0 unspecified atom stereocenters. The summed E-state index contributed by atoms with van der Waals surface area (Å²) in [5.41, 5.74) is 0. The van der Waals surface area contributed by atoms with E-state index in [1.54, 1.807) is 4.68 Å². The van der Waals surface area contributed by atoms with E-state index in [-0.39, 0.29) is 5.75 Å². The van der Waals surface area contributed by atoms with Crippen LogP contribution in [0.25, 0.3) is 0 Å². The second-order valence-electron chi connectivity index (χ2n) is 6.46. The molecule has 2 aliphatic rings. The lowest BCUT2D eigenvalue weighted by molar-refractivity contribution is -0.301. The fourth-order valence-corrected chi connectivity index (χ4v) is 3.94. The van der Waals surface area contributed by atoms with E-state index in [9.17, 15) is 9.90 Å². The summed E-state index contributed by atoms with van der Waals surface area (Å²) < 4.78 is 1.77. The first-order valence-electron chi connectivity index (χ1n) is 8.71. The van der Waals surface area contributed by atoms with Crippen molar-refractivity contribution in [2.45, 2.75) is 62.4 Å². The number of allylic oxidation sites excluding steroid dienone is 2. The monoisotopic (exact) mass is 347 g/mol. The molecule has 3 rings (SSSR count). The van der Waals surface area contributed by atoms with Crippen molar-refractivity contribution >= 4 is 23.9 Å². The third-order valence-corrected chi connectivity index (χ3v) is 5.52. The average Bonchev–Trinajstić information content (AvgIpc) is 3.02. The molecular formula is C17H23N4O2S-. The van der Waals surface area contributed by atoms with Gasteiger partial charge in [0.1, 0.15) is 0 Å². The van der Waals surface area contributed by atoms with Gasteiger partial charge in [-0.1, -0.05) is 43.2 Å². The van der Waals surface area contributed by atoms with Gasteiger partial charge in [-0.25, -0.2) is 0 Å². The summed E-state index contributed by atoms with van der Waals surface area (Å²) in [6.07, 6.45) is 15.5. The van der Waals surface area contributed by atoms with Crippen LogP contribution in [0.2, 0.25) is 0 Å². The van der Waals surface area contributed by atoms with Gasteiger partial charge in [0.25, 0.3) is 0 Å². The molecule has 0 spiro atoms. The summed E-state index contributed by atoms with van der Waals surface area (Å²) in [4.78, 5) is 10.8. The smallest absolute Gasteiger partial charge is 0.212 e. The maximum absolute atomic E-state index is 10.8. The van der Waals surface area contributed by atoms with E-state index in [4.69, 9.17) is 0 Å². The molecule has 7 heteroatoms. The number of nitrogens with zero attached hydrogens (tertiary/aromatic N) is 4. The van der Waals surface area contributed by atoms with Crippen LogP contribution in [-0.4, -0.2) is 32.8 Å². The van der Waals surface area contributed by atoms with Gasteiger partial charge >= 0.3 is 0 Å². The standard InChI is InChI=1S/C17H24N4O2S/c22-15(23)12-24-17-20-19-16(14-9-5-2-6-10-14)21(17)18-11-13-7-3-1-4-8-13/h1,3,11,13-14H,2,4-10,12H2,(H,22,23)/p-1/b18-11-/t13-/m1/s1. The lowest BCUT2D eigenvalue weighted by Gasteiger charge is -2.20. The summed E-state index contributed by atoms with van der Waals surface area (Å²) in [7, 11) is 0. The number of aromatic nitrogens is 3. The molecule has 24 heavy (non-hydrogen) atoms. The van der Waals surface area contributed by atoms with Crippen LogP contribution in [0, 0.1) is 5.92 Å². The van der Waals surface area contributed by atoms with E-state index in [1.807, 2.05) is 6.21 Å². The molecule has 1 saturated carbocycles. The number of hydrogen-bond donors (Lipinski definition) is 0. The van der Waals surface area contributed by atoms with E-state index >= 15 is 0 Å². The molecule has 130 valence electrons. The lowest BCUT2D eigenvalue weighted by Crippen LogP contribution is -2.24. The molecule has 1 aromatic heterocycles. The Balaban J connectivity index is 1.80. The van der Waals surface area contributed by atoms with Crippen molar-refractivity contribution in [1.29, 1.82) is 0 Å². The minimum absolute atomic E-state index is 0.134. The number of carbonyl (C=O) groups is 1. The van der Waals surface area contributed by atoms with Gasteiger partial charge in [-0.15, -0.1) is 10.2 Å². The van der Waals surface area contributed by atoms with Crippen molar-refractivity contribution in [3.05, 3.63) is 18.0 Å². The summed E-state index contributed by atoms with van der Waals surface area (Å²) in [5.74, 6) is 0.431. The van der Waals surface area contributed by atoms with Gasteiger partial charge in [-0.05, 0) is 38.0 Å². The summed E-state index contributed by atoms with van der Waals surface area (Å²) in [6, 6.07) is 0. The highest BCUT2D eigenvalue weighted by molar-refractivity contribution is 7.99. The topological polar surface area (TPSA) is 83.2 Å². The number of aliphatic carboxylic acids is 1. The number of rotatable bonds is 6. The molecule has 0 aliphatic heterocycles. The lowest BCUT2D eigenvalue weighted by atomic mass is 9.89. The van der Waals surface area contributed by atoms with Crippen LogP contribution in [0.4, 0.5) is 0 Å². The van der Waals surface area contributed by atoms with Gasteiger partial charge in [0.15, 0.2) is 5.82 Å². The van der Waals surface area contributed by atoms with Crippen molar-refractivity contribution in [3.8, 4) is 0 Å². The van der Waals surface area contributed by atoms with Crippen LogP contribution in [-0.2, 0) is 4.79 Å². The zero-order valence-electron chi connectivity index (χ0n) is 13.8. The number of carboxylic acid groups (broad SMARTS) is 1. The summed E-state index contributed by atoms with van der Waals surface area (Å²) in [5, 5.41) is 24.5. The minimum Gasteiger partial charge on any atom is -0.549 e. The van der Waals surface area contributed by atoms with E-state index in [1.165, 1.54) is 19.3 Å². The highest BCUT2D eigenvalue weighted by atomic mass is 32.2. The van der Waals surface area contributed by atoms with Crippen LogP contribution in [0.15, 0.2) is 22.4 Å². The van der Waals surface area contributed by atoms with Gasteiger partial charge in [-0.2, -0.15) is 9.78 Å². The highest BCUT2D eigenvalue weighted by Gasteiger charge is 2.23. The number of hydrogen-bond acceptors (Lipinski definition) is 6. The quantitative estimate of drug-likeness (QED) is 0.448. The Morgan fingerprint density at radius 1 is 1.29 bits per heavy atom. The molecule has 1 aromatic rings. The maximum Gasteiger partial charge on any atom is 0.212 e. The fourth-order valence-electron chi connectivity index (χ4n) is 3.33. The molecule has 0 N–H and O–H groups in total. The van der Waals surface area contributed by atoms with Crippen molar-refractivity contribution in [3.63, 3.8) is 0 Å². The van der Waals surface area contributed by atoms with E-state index in [2.05, 4.69) is 27.5 Å². The SMILES string of the molecule is O=C([O-])CSc1nnc(C2CCCCC2)n1/N=C\[C@@H]1CC=CCC1. The van der Waals surface area contributed by atoms with Crippen molar-refractivity contribution in [2.75, 3.05) is 5.75 Å². The van der Waals surface area contributed by atoms with Crippen LogP contribution < -0.4 is 5.11 Å². The summed E-state index contributed by atoms with van der Waals surface area (Å²) in [6.45, 7) is 0. The first-order valence-corrected chi connectivity index (χ1v) is 9.70. The number of carboxylic acids is 1. The molecule has 1 fully saturated rings. The normalized spacial score (nSPS) is 22.2. The highest BCUT2D eigenvalue weighted by Crippen LogP contribution is 2.33. The van der Waals surface area contributed by atoms with Gasteiger partial charge in [0.05, 0.1) is 5.97 Å². The number of thioether (sulfide) groups is 1. The minimum atomic E-state index is -1.10. The molecular weight excluding hydrogens is 324 g/mol. The Hall–Kier alpha value is -1.63. The van der Waals surface area contributed by atoms with Crippen LogP contribution >= 0.6 is 11.8 Å². The van der Waals surface area contributed by atoms with Crippen molar-refractivity contribution < 1.29 is 9.90 Å². The van der Waals surface area contributed by atoms with Gasteiger partial charge in [0.2, 0.25) is 5.16 Å². The molecule has 0 amide bonds. The average molecular weight is 347 g/mol. The van der Waals surface area contributed by atoms with E-state index in [0.717, 1.165) is 49.7 Å². The molecule has 2 aliphatic carbocycles. The van der Waals surface area contributed by atoms with Crippen LogP contribution in [0.3, 0.4) is 0 Å². The Bertz CT molecular complexity index is 620. The fraction of sp³-hybridized carbons (Fsp3) is 0.647. The van der Waals surface area contributed by atoms with E-state index in [0.29, 0.717) is 17.0 Å². The number of carbonyl (C=O) groups excluding carboxylic acids is 1. The Labute approximate surface area is 146 Å². The van der Waals surface area contributed by atoms with Crippen LogP contribution in [0.1, 0.15) is 63.1 Å². The predicted octanol–water partition coefficient (Wildman–Crippen LogP) is 2.36. The first-order chi connectivity index (χ1) is 11.7. The van der Waals surface area contributed by atoms with Gasteiger partial charge < -0.3 is 9.90 Å². The van der Waals surface area contributed by atoms with Crippen LogP contribution in [0.5, 0.6) is 0 Å². The third-order valence-electron chi connectivity index (χ3n) is 4.63. The maximum atomic E-state index is 10.8. The first kappa shape index (κ1) is 17.2. The molecule has 0 bridgehead atoms. The third kappa shape index (κ3) is 4.47. The zero-order valence-corrected chi connectivity index (χ0v) is 14.6. The largest absolute Gasteiger partial charge is 0.549 e. The molecule has 1 atom stereocenters. The van der Waals surface area contributed by atoms with Gasteiger partial charge in [0, 0.05) is 17.9 Å². The molecule has 1 heterocycles. The van der Waals surface area contributed by atoms with Crippen molar-refractivity contribution in [2.24, 2.45) is 11.0 Å². The Morgan fingerprint density at radius 3 is 2.83 bits per heavy atom. The van der Waals surface area contributed by atoms with Gasteiger partial charge in [-0.3, -0.25) is 0 Å². The summed E-state index contributed by atoms with van der Waals surface area (Å²) >= 11 is 1.13. The molecule has 6 nitrogen and oxygen atoms in total. The molecule has 0 radical (unpaired) electrons.